The van der Waals surface area contributed by atoms with Crippen molar-refractivity contribution >= 4 is 39.1 Å². The third-order valence-corrected chi connectivity index (χ3v) is 10.00. The minimum Gasteiger partial charge on any atom is -0.352 e. The number of hydrogen-bond donors (Lipinski definition) is 1. The van der Waals surface area contributed by atoms with Gasteiger partial charge in [-0.2, -0.15) is 0 Å². The van der Waals surface area contributed by atoms with E-state index in [0.717, 1.165) is 15.4 Å². The van der Waals surface area contributed by atoms with Gasteiger partial charge in [0, 0.05) is 24.0 Å². The summed E-state index contributed by atoms with van der Waals surface area (Å²) in [6, 6.07) is 30.8. The number of benzene rings is 4. The largest absolute Gasteiger partial charge is 0.352 e. The monoisotopic (exact) mass is 659 g/mol. The summed E-state index contributed by atoms with van der Waals surface area (Å²) in [5.74, 6) is -0.592. The van der Waals surface area contributed by atoms with Crippen LogP contribution in [0.15, 0.2) is 114 Å². The highest BCUT2D eigenvalue weighted by atomic mass is 35.5. The molecule has 2 atom stereocenters. The van der Waals surface area contributed by atoms with Crippen LogP contribution in [0.2, 0.25) is 5.02 Å². The molecule has 0 saturated heterocycles. The highest BCUT2D eigenvalue weighted by Gasteiger charge is 2.35. The SMILES string of the molecule is CC[C@@H](C)NC(=O)[C@H](Cc1ccccc1)N(Cc1cccc(Cl)c1)C(=O)CN(c1ccc(C(C)C)cc1)S(=O)(=O)c1ccccc1. The standard InChI is InChI=1S/C37H42ClN3O4S/c1-5-28(4)39-37(43)35(24-29-13-8-6-9-14-29)40(25-30-15-12-16-32(38)23-30)36(42)26-41(33-21-19-31(20-22-33)27(2)3)46(44,45)34-17-10-7-11-18-34/h6-23,27-28,35H,5,24-26H2,1-4H3,(H,39,43)/t28-,35+/m1/s1. The van der Waals surface area contributed by atoms with Crippen LogP contribution in [0.25, 0.3) is 0 Å². The van der Waals surface area contributed by atoms with Crippen molar-refractivity contribution < 1.29 is 18.0 Å². The van der Waals surface area contributed by atoms with Crippen LogP contribution in [0.1, 0.15) is 56.7 Å². The van der Waals surface area contributed by atoms with E-state index in [9.17, 15) is 18.0 Å². The van der Waals surface area contributed by atoms with E-state index in [4.69, 9.17) is 11.6 Å². The molecule has 0 spiro atoms. The van der Waals surface area contributed by atoms with Gasteiger partial charge in [-0.1, -0.05) is 105 Å². The van der Waals surface area contributed by atoms with Gasteiger partial charge >= 0.3 is 0 Å². The van der Waals surface area contributed by atoms with E-state index < -0.39 is 28.5 Å². The third-order valence-electron chi connectivity index (χ3n) is 7.97. The molecule has 0 aliphatic heterocycles. The zero-order valence-electron chi connectivity index (χ0n) is 26.8. The molecule has 4 aromatic rings. The molecule has 46 heavy (non-hydrogen) atoms. The lowest BCUT2D eigenvalue weighted by molar-refractivity contribution is -0.140. The van der Waals surface area contributed by atoms with Crippen molar-refractivity contribution in [2.75, 3.05) is 10.8 Å². The zero-order valence-corrected chi connectivity index (χ0v) is 28.3. The number of nitrogens with one attached hydrogen (secondary N) is 1. The number of carbonyl (C=O) groups excluding carboxylic acids is 2. The van der Waals surface area contributed by atoms with Gasteiger partial charge < -0.3 is 10.2 Å². The van der Waals surface area contributed by atoms with Crippen LogP contribution in [0.3, 0.4) is 0 Å². The lowest BCUT2D eigenvalue weighted by Crippen LogP contribution is -2.54. The number of amides is 2. The second kappa shape index (κ2) is 15.9. The molecule has 4 rings (SSSR count). The normalized spacial score (nSPS) is 12.7. The highest BCUT2D eigenvalue weighted by Crippen LogP contribution is 2.27. The van der Waals surface area contributed by atoms with Gasteiger partial charge in [0.05, 0.1) is 10.6 Å². The highest BCUT2D eigenvalue weighted by molar-refractivity contribution is 7.92. The second-order valence-corrected chi connectivity index (χ2v) is 14.0. The Labute approximate surface area is 278 Å². The topological polar surface area (TPSA) is 86.8 Å². The Bertz CT molecular complexity index is 1700. The summed E-state index contributed by atoms with van der Waals surface area (Å²) < 4.78 is 29.4. The van der Waals surface area contributed by atoms with Gasteiger partial charge in [-0.15, -0.1) is 0 Å². The number of anilines is 1. The Balaban J connectivity index is 1.81. The summed E-state index contributed by atoms with van der Waals surface area (Å²) in [6.07, 6.45) is 0.950. The van der Waals surface area contributed by atoms with Crippen LogP contribution in [0.4, 0.5) is 5.69 Å². The first kappa shape index (κ1) is 34.7. The molecule has 242 valence electrons. The molecule has 2 amide bonds. The molecule has 1 N–H and O–H groups in total. The number of carbonyl (C=O) groups is 2. The molecule has 0 bridgehead atoms. The van der Waals surface area contributed by atoms with Crippen molar-refractivity contribution in [1.29, 1.82) is 0 Å². The Kier molecular flexibility index (Phi) is 12.0. The number of halogens is 1. The van der Waals surface area contributed by atoms with Gasteiger partial charge in [0.1, 0.15) is 12.6 Å². The van der Waals surface area contributed by atoms with Crippen LogP contribution in [0, 0.1) is 0 Å². The maximum absolute atomic E-state index is 14.6. The Morgan fingerprint density at radius 2 is 1.41 bits per heavy atom. The van der Waals surface area contributed by atoms with Crippen molar-refractivity contribution in [3.63, 3.8) is 0 Å². The molecule has 9 heteroatoms. The lowest BCUT2D eigenvalue weighted by Gasteiger charge is -2.34. The first-order valence-corrected chi connectivity index (χ1v) is 17.4. The molecule has 7 nitrogen and oxygen atoms in total. The van der Waals surface area contributed by atoms with E-state index in [1.807, 2.05) is 62.4 Å². The fourth-order valence-corrected chi connectivity index (χ4v) is 6.75. The van der Waals surface area contributed by atoms with Crippen molar-refractivity contribution in [1.82, 2.24) is 10.2 Å². The smallest absolute Gasteiger partial charge is 0.264 e. The van der Waals surface area contributed by atoms with Crippen LogP contribution in [-0.2, 0) is 32.6 Å². The van der Waals surface area contributed by atoms with Gasteiger partial charge in [-0.05, 0) is 72.4 Å². The molecule has 0 radical (unpaired) electrons. The second-order valence-electron chi connectivity index (χ2n) is 11.7. The maximum atomic E-state index is 14.6. The van der Waals surface area contributed by atoms with Crippen molar-refractivity contribution in [2.45, 2.75) is 70.0 Å². The molecule has 0 aromatic heterocycles. The van der Waals surface area contributed by atoms with E-state index in [0.29, 0.717) is 22.7 Å². The van der Waals surface area contributed by atoms with Crippen LogP contribution >= 0.6 is 11.6 Å². The fourth-order valence-electron chi connectivity index (χ4n) is 5.10. The van der Waals surface area contributed by atoms with E-state index in [1.165, 1.54) is 17.0 Å². The summed E-state index contributed by atoms with van der Waals surface area (Å²) in [5.41, 5.74) is 2.98. The summed E-state index contributed by atoms with van der Waals surface area (Å²) in [5, 5.41) is 3.54. The van der Waals surface area contributed by atoms with Gasteiger partial charge in [-0.25, -0.2) is 8.42 Å². The Morgan fingerprint density at radius 1 is 0.804 bits per heavy atom. The predicted molar refractivity (Wildman–Crippen MR) is 185 cm³/mol. The first-order valence-electron chi connectivity index (χ1n) is 15.6. The molecule has 4 aromatic carbocycles. The average Bonchev–Trinajstić information content (AvgIpc) is 3.05. The quantitative estimate of drug-likeness (QED) is 0.155. The van der Waals surface area contributed by atoms with E-state index in [2.05, 4.69) is 19.2 Å². The zero-order chi connectivity index (χ0) is 33.3. The minimum atomic E-state index is -4.16. The molecule has 0 heterocycles. The molecule has 0 fully saturated rings. The maximum Gasteiger partial charge on any atom is 0.264 e. The first-order chi connectivity index (χ1) is 22.0. The van der Waals surface area contributed by atoms with Gasteiger partial charge in [0.2, 0.25) is 11.8 Å². The molecular formula is C37H42ClN3O4S. The average molecular weight is 660 g/mol. The lowest BCUT2D eigenvalue weighted by atomic mass is 10.0. The van der Waals surface area contributed by atoms with Crippen molar-refractivity contribution in [3.8, 4) is 0 Å². The van der Waals surface area contributed by atoms with Gasteiger partial charge in [-0.3, -0.25) is 13.9 Å². The number of rotatable bonds is 14. The molecular weight excluding hydrogens is 618 g/mol. The van der Waals surface area contributed by atoms with E-state index in [1.54, 1.807) is 48.5 Å². The predicted octanol–water partition coefficient (Wildman–Crippen LogP) is 7.21. The van der Waals surface area contributed by atoms with Crippen LogP contribution < -0.4 is 9.62 Å². The number of nitrogens with zero attached hydrogens (tertiary/aromatic N) is 2. The summed E-state index contributed by atoms with van der Waals surface area (Å²) in [7, 11) is -4.16. The van der Waals surface area contributed by atoms with Gasteiger partial charge in [0.15, 0.2) is 0 Å². The van der Waals surface area contributed by atoms with Crippen molar-refractivity contribution in [3.05, 3.63) is 131 Å². The van der Waals surface area contributed by atoms with E-state index in [-0.39, 0.29) is 35.7 Å². The molecule has 0 aliphatic rings. The van der Waals surface area contributed by atoms with Crippen LogP contribution in [-0.4, -0.2) is 43.8 Å². The summed E-state index contributed by atoms with van der Waals surface area (Å²) in [4.78, 5) is 30.0. The van der Waals surface area contributed by atoms with Crippen molar-refractivity contribution in [2.24, 2.45) is 0 Å². The summed E-state index contributed by atoms with van der Waals surface area (Å²) in [6.45, 7) is 7.54. The fraction of sp³-hybridized carbons (Fsp3) is 0.297. The molecule has 0 saturated carbocycles. The van der Waals surface area contributed by atoms with E-state index >= 15 is 0 Å². The molecule has 0 unspecified atom stereocenters. The third kappa shape index (κ3) is 8.98. The number of hydrogen-bond acceptors (Lipinski definition) is 4. The Morgan fingerprint density at radius 3 is 2.00 bits per heavy atom. The molecule has 0 aliphatic carbocycles. The summed E-state index contributed by atoms with van der Waals surface area (Å²) >= 11 is 6.32. The van der Waals surface area contributed by atoms with Crippen LogP contribution in [0.5, 0.6) is 0 Å². The minimum absolute atomic E-state index is 0.0519. The van der Waals surface area contributed by atoms with Gasteiger partial charge in [0.25, 0.3) is 10.0 Å². The Hall–Kier alpha value is -4.14. The number of sulfonamides is 1.